The minimum atomic E-state index is -1.29. The van der Waals surface area contributed by atoms with Crippen LogP contribution >= 0.6 is 23.2 Å². The maximum absolute atomic E-state index is 14.8. The van der Waals surface area contributed by atoms with Crippen LogP contribution in [-0.4, -0.2) is 31.0 Å². The molecule has 7 nitrogen and oxygen atoms in total. The van der Waals surface area contributed by atoms with Crippen LogP contribution in [0, 0.1) is 22.6 Å². The summed E-state index contributed by atoms with van der Waals surface area (Å²) in [5, 5.41) is 19.2. The molecule has 1 fully saturated rings. The summed E-state index contributed by atoms with van der Waals surface area (Å²) in [5.74, 6) is -1.89. The smallest absolute Gasteiger partial charge is 0.242 e. The Hall–Kier alpha value is -3.64. The maximum Gasteiger partial charge on any atom is 0.242 e. The Kier molecular flexibility index (Phi) is 7.49. The molecule has 0 bridgehead atoms. The molecule has 3 aromatic rings. The van der Waals surface area contributed by atoms with Gasteiger partial charge in [-0.05, 0) is 65.4 Å². The predicted octanol–water partition coefficient (Wildman–Crippen LogP) is 6.40. The summed E-state index contributed by atoms with van der Waals surface area (Å²) in [7, 11) is 1.44. The van der Waals surface area contributed by atoms with Crippen LogP contribution in [0.15, 0.2) is 54.6 Å². The second kappa shape index (κ2) is 10.6. The van der Waals surface area contributed by atoms with E-state index >= 15 is 0 Å². The number of benzene rings is 3. The van der Waals surface area contributed by atoms with Gasteiger partial charge in [-0.1, -0.05) is 50.0 Å². The first-order valence-corrected chi connectivity index (χ1v) is 13.9. The van der Waals surface area contributed by atoms with Crippen molar-refractivity contribution < 1.29 is 18.7 Å². The third-order valence-corrected chi connectivity index (χ3v) is 8.19. The fraction of sp³-hybridized carbons (Fsp3) is 0.323. The average molecular weight is 596 g/mol. The van der Waals surface area contributed by atoms with E-state index in [0.717, 1.165) is 0 Å². The van der Waals surface area contributed by atoms with Crippen LogP contribution in [0.3, 0.4) is 0 Å². The van der Waals surface area contributed by atoms with Crippen molar-refractivity contribution in [3.63, 3.8) is 0 Å². The third-order valence-electron chi connectivity index (χ3n) is 7.74. The van der Waals surface area contributed by atoms with Gasteiger partial charge in [0.25, 0.3) is 0 Å². The van der Waals surface area contributed by atoms with Crippen LogP contribution in [0.2, 0.25) is 10.0 Å². The van der Waals surface area contributed by atoms with Gasteiger partial charge in [0, 0.05) is 33.8 Å². The summed E-state index contributed by atoms with van der Waals surface area (Å²) < 4.78 is 20.3. The Labute approximate surface area is 248 Å². The van der Waals surface area contributed by atoms with E-state index in [-0.39, 0.29) is 16.3 Å². The molecular weight excluding hydrogens is 566 g/mol. The summed E-state index contributed by atoms with van der Waals surface area (Å²) in [6.07, 6.45) is 0.520. The van der Waals surface area contributed by atoms with E-state index in [2.05, 4.69) is 36.7 Å². The molecule has 0 aliphatic carbocycles. The Morgan fingerprint density at radius 2 is 1.88 bits per heavy atom. The quantitative estimate of drug-likeness (QED) is 0.317. The Morgan fingerprint density at radius 3 is 2.54 bits per heavy atom. The van der Waals surface area contributed by atoms with Crippen LogP contribution in [0.5, 0.6) is 5.75 Å². The Morgan fingerprint density at radius 1 is 1.12 bits per heavy atom. The van der Waals surface area contributed by atoms with Gasteiger partial charge in [-0.2, -0.15) is 5.26 Å². The molecule has 3 N–H and O–H groups in total. The molecule has 4 atom stereocenters. The number of hydrogen-bond acceptors (Lipinski definition) is 5. The second-order valence-electron chi connectivity index (χ2n) is 11.7. The highest BCUT2D eigenvalue weighted by Gasteiger charge is 2.65. The van der Waals surface area contributed by atoms with E-state index in [0.29, 0.717) is 45.3 Å². The van der Waals surface area contributed by atoms with Crippen molar-refractivity contribution in [2.45, 2.75) is 50.6 Å². The molecular formula is C31H29Cl2FN4O3. The van der Waals surface area contributed by atoms with Crippen molar-refractivity contribution in [1.29, 1.82) is 5.26 Å². The van der Waals surface area contributed by atoms with Gasteiger partial charge in [0.15, 0.2) is 0 Å². The van der Waals surface area contributed by atoms with Crippen LogP contribution in [-0.2, 0) is 15.0 Å². The first kappa shape index (κ1) is 28.9. The number of ether oxygens (including phenoxy) is 1. The van der Waals surface area contributed by atoms with E-state index in [9.17, 15) is 19.2 Å². The van der Waals surface area contributed by atoms with E-state index in [1.165, 1.54) is 25.3 Å². The second-order valence-corrected chi connectivity index (χ2v) is 12.5. The molecule has 2 heterocycles. The van der Waals surface area contributed by atoms with Crippen molar-refractivity contribution in [3.8, 4) is 11.8 Å². The number of methoxy groups -OCH3 is 1. The van der Waals surface area contributed by atoms with Gasteiger partial charge in [0.2, 0.25) is 11.8 Å². The zero-order valence-corrected chi connectivity index (χ0v) is 24.5. The van der Waals surface area contributed by atoms with Crippen LogP contribution in [0.1, 0.15) is 49.8 Å². The monoisotopic (exact) mass is 594 g/mol. The minimum absolute atomic E-state index is 0.150. The van der Waals surface area contributed by atoms with Crippen molar-refractivity contribution in [2.75, 3.05) is 17.7 Å². The Bertz CT molecular complexity index is 1580. The van der Waals surface area contributed by atoms with Gasteiger partial charge in [0.05, 0.1) is 30.5 Å². The number of halogens is 3. The fourth-order valence-electron chi connectivity index (χ4n) is 6.25. The van der Waals surface area contributed by atoms with E-state index in [4.69, 9.17) is 27.9 Å². The van der Waals surface area contributed by atoms with E-state index in [1.54, 1.807) is 36.4 Å². The number of anilines is 2. The highest BCUT2D eigenvalue weighted by molar-refractivity contribution is 6.31. The van der Waals surface area contributed by atoms with Crippen LogP contribution in [0.25, 0.3) is 0 Å². The minimum Gasteiger partial charge on any atom is -0.495 e. The number of nitrogens with zero attached hydrogens (tertiary/aromatic N) is 1. The average Bonchev–Trinajstić information content (AvgIpc) is 3.37. The first-order chi connectivity index (χ1) is 19.4. The first-order valence-electron chi connectivity index (χ1n) is 13.1. The van der Waals surface area contributed by atoms with Crippen molar-refractivity contribution in [1.82, 2.24) is 5.32 Å². The van der Waals surface area contributed by atoms with Crippen LogP contribution < -0.4 is 20.7 Å². The van der Waals surface area contributed by atoms with Gasteiger partial charge >= 0.3 is 0 Å². The normalized spacial score (nSPS) is 23.2. The van der Waals surface area contributed by atoms with Gasteiger partial charge in [-0.25, -0.2) is 4.39 Å². The molecule has 3 aromatic carbocycles. The molecule has 2 amide bonds. The lowest BCUT2D eigenvalue weighted by Crippen LogP contribution is -2.49. The van der Waals surface area contributed by atoms with Gasteiger partial charge < -0.3 is 20.7 Å². The zero-order chi connectivity index (χ0) is 29.7. The number of nitriles is 1. The van der Waals surface area contributed by atoms with Crippen molar-refractivity contribution >= 4 is 46.4 Å². The number of rotatable bonds is 5. The Balaban J connectivity index is 1.71. The molecule has 1 saturated heterocycles. The molecule has 2 aliphatic rings. The van der Waals surface area contributed by atoms with E-state index < -0.39 is 35.1 Å². The lowest BCUT2D eigenvalue weighted by atomic mass is 9.62. The molecule has 0 aromatic heterocycles. The summed E-state index contributed by atoms with van der Waals surface area (Å²) in [5.41, 5.74) is 0.811. The summed E-state index contributed by atoms with van der Waals surface area (Å²) >= 11 is 12.6. The zero-order valence-electron chi connectivity index (χ0n) is 22.9. The van der Waals surface area contributed by atoms with Gasteiger partial charge in [-0.3, -0.25) is 9.59 Å². The summed E-state index contributed by atoms with van der Waals surface area (Å²) in [6.45, 7) is 6.17. The third kappa shape index (κ3) is 5.14. The predicted molar refractivity (Wildman–Crippen MR) is 157 cm³/mol. The highest BCUT2D eigenvalue weighted by atomic mass is 35.5. The number of hydrogen-bond donors (Lipinski definition) is 3. The van der Waals surface area contributed by atoms with Crippen molar-refractivity contribution in [2.24, 2.45) is 5.41 Å². The lowest BCUT2D eigenvalue weighted by Gasteiger charge is -2.37. The molecule has 10 heteroatoms. The lowest BCUT2D eigenvalue weighted by molar-refractivity contribution is -0.122. The molecule has 0 saturated carbocycles. The summed E-state index contributed by atoms with van der Waals surface area (Å²) in [6, 6.07) is 14.5. The maximum atomic E-state index is 14.8. The molecule has 0 radical (unpaired) electrons. The molecule has 41 heavy (non-hydrogen) atoms. The number of carbonyl (C=O) groups excluding carboxylic acids is 2. The standard InChI is InChI=1S/C31H29Cl2FN4O3/c1-30(2,3)14-25-31(21-7-6-18(32)13-23(21)37-29(31)40)26(17-10-19(33)12-20(34)11-17)27(38-25)28(39)36-22-8-5-16(15-35)9-24(22)41-4/h5-13,25-27,38H,14H2,1-4H3,(H,36,39)(H,37,40). The van der Waals surface area contributed by atoms with Crippen LogP contribution in [0.4, 0.5) is 15.8 Å². The van der Waals surface area contributed by atoms with Gasteiger partial charge in [-0.15, -0.1) is 0 Å². The number of amides is 2. The topological polar surface area (TPSA) is 103 Å². The number of nitrogens with one attached hydrogen (secondary N) is 3. The van der Waals surface area contributed by atoms with Crippen molar-refractivity contribution in [3.05, 3.63) is 87.2 Å². The fourth-order valence-corrected chi connectivity index (χ4v) is 6.65. The molecule has 4 unspecified atom stereocenters. The SMILES string of the molecule is COc1cc(C#N)ccc1NC(=O)C1NC(CC(C)(C)C)C2(C(=O)Nc3cc(Cl)ccc32)C1c1cc(F)cc(Cl)c1. The van der Waals surface area contributed by atoms with E-state index in [1.807, 2.05) is 6.07 Å². The number of fused-ring (bicyclic) bond motifs is 2. The summed E-state index contributed by atoms with van der Waals surface area (Å²) in [4.78, 5) is 28.4. The highest BCUT2D eigenvalue weighted by Crippen LogP contribution is 2.57. The molecule has 1 spiro atoms. The number of carbonyl (C=O) groups is 2. The molecule has 212 valence electrons. The molecule has 5 rings (SSSR count). The molecule has 2 aliphatic heterocycles. The largest absolute Gasteiger partial charge is 0.495 e. The van der Waals surface area contributed by atoms with Gasteiger partial charge in [0.1, 0.15) is 17.0 Å².